The number of methoxy groups -OCH3 is 1. The number of nitrogens with zero attached hydrogens (tertiary/aromatic N) is 1. The van der Waals surface area contributed by atoms with Crippen molar-refractivity contribution in [2.45, 2.75) is 13.5 Å². The molecule has 0 aromatic heterocycles. The van der Waals surface area contributed by atoms with Crippen LogP contribution in [0.4, 0.5) is 5.69 Å². The lowest BCUT2D eigenvalue weighted by molar-refractivity contribution is -0.113. The second-order valence-electron chi connectivity index (χ2n) is 6.99. The molecule has 1 aliphatic heterocycles. The van der Waals surface area contributed by atoms with E-state index < -0.39 is 0 Å². The highest BCUT2D eigenvalue weighted by molar-refractivity contribution is 8.27. The number of benzene rings is 3. The lowest BCUT2D eigenvalue weighted by Crippen LogP contribution is -2.28. The molecule has 0 atom stereocenters. The van der Waals surface area contributed by atoms with Crippen LogP contribution >= 0.6 is 24.0 Å². The molecule has 0 radical (unpaired) electrons. The Hall–Kier alpha value is -3.09. The standard InChI is InChI=1S/C25H21NO3S2/c1-17-8-6-7-11-20(17)26-24(27)23(31-25(26)30)15-19-12-13-21(22(14-19)28-2)29-16-18-9-4-3-5-10-18/h3-15H,16H2,1-2H3/b23-15+. The molecular weight excluding hydrogens is 426 g/mol. The van der Waals surface area contributed by atoms with Crippen LogP contribution in [0.25, 0.3) is 6.08 Å². The number of amides is 1. The molecule has 1 amide bonds. The number of anilines is 1. The molecule has 1 aliphatic rings. The Morgan fingerprint density at radius 2 is 1.74 bits per heavy atom. The van der Waals surface area contributed by atoms with Gasteiger partial charge in [-0.2, -0.15) is 0 Å². The highest BCUT2D eigenvalue weighted by Crippen LogP contribution is 2.38. The van der Waals surface area contributed by atoms with Crippen molar-refractivity contribution in [2.75, 3.05) is 12.0 Å². The molecule has 1 saturated heterocycles. The largest absolute Gasteiger partial charge is 0.493 e. The minimum absolute atomic E-state index is 0.118. The van der Waals surface area contributed by atoms with Crippen LogP contribution < -0.4 is 14.4 Å². The van der Waals surface area contributed by atoms with Crippen LogP contribution in [-0.4, -0.2) is 17.3 Å². The average Bonchev–Trinajstić information content (AvgIpc) is 3.06. The highest BCUT2D eigenvalue weighted by atomic mass is 32.2. The molecule has 1 fully saturated rings. The van der Waals surface area contributed by atoms with Crippen molar-refractivity contribution < 1.29 is 14.3 Å². The van der Waals surface area contributed by atoms with Crippen LogP contribution in [0.15, 0.2) is 77.7 Å². The fraction of sp³-hybridized carbons (Fsp3) is 0.120. The molecule has 4 nitrogen and oxygen atoms in total. The van der Waals surface area contributed by atoms with Crippen molar-refractivity contribution in [2.24, 2.45) is 0 Å². The van der Waals surface area contributed by atoms with Gasteiger partial charge in [-0.3, -0.25) is 9.69 Å². The Morgan fingerprint density at radius 3 is 2.48 bits per heavy atom. The zero-order valence-electron chi connectivity index (χ0n) is 17.2. The van der Waals surface area contributed by atoms with E-state index in [1.807, 2.05) is 85.8 Å². The summed E-state index contributed by atoms with van der Waals surface area (Å²) < 4.78 is 12.0. The van der Waals surface area contributed by atoms with Gasteiger partial charge in [0.25, 0.3) is 5.91 Å². The summed E-state index contributed by atoms with van der Waals surface area (Å²) in [6.45, 7) is 2.42. The summed E-state index contributed by atoms with van der Waals surface area (Å²) in [7, 11) is 1.60. The van der Waals surface area contributed by atoms with E-state index in [4.69, 9.17) is 21.7 Å². The third-order valence-electron chi connectivity index (χ3n) is 4.87. The Kier molecular flexibility index (Phi) is 6.39. The van der Waals surface area contributed by atoms with Gasteiger partial charge in [0, 0.05) is 0 Å². The molecule has 6 heteroatoms. The minimum atomic E-state index is -0.118. The first kappa shape index (κ1) is 21.2. The highest BCUT2D eigenvalue weighted by Gasteiger charge is 2.33. The van der Waals surface area contributed by atoms with Crippen molar-refractivity contribution in [3.05, 3.63) is 94.4 Å². The summed E-state index contributed by atoms with van der Waals surface area (Å²) in [6.07, 6.45) is 1.83. The Labute approximate surface area is 191 Å². The van der Waals surface area contributed by atoms with Crippen LogP contribution in [0, 0.1) is 6.92 Å². The molecule has 156 valence electrons. The monoisotopic (exact) mass is 447 g/mol. The van der Waals surface area contributed by atoms with Gasteiger partial charge in [0.15, 0.2) is 15.8 Å². The molecule has 4 rings (SSSR count). The number of aryl methyl sites for hydroxylation is 1. The van der Waals surface area contributed by atoms with Gasteiger partial charge in [0.05, 0.1) is 17.7 Å². The topological polar surface area (TPSA) is 38.8 Å². The van der Waals surface area contributed by atoms with E-state index >= 15 is 0 Å². The molecule has 0 unspecified atom stereocenters. The molecular formula is C25H21NO3S2. The van der Waals surface area contributed by atoms with Crippen molar-refractivity contribution in [1.29, 1.82) is 0 Å². The molecule has 0 bridgehead atoms. The van der Waals surface area contributed by atoms with Crippen molar-refractivity contribution in [3.63, 3.8) is 0 Å². The van der Waals surface area contributed by atoms with E-state index in [1.165, 1.54) is 11.8 Å². The quantitative estimate of drug-likeness (QED) is 0.343. The fourth-order valence-electron chi connectivity index (χ4n) is 3.27. The summed E-state index contributed by atoms with van der Waals surface area (Å²) >= 11 is 6.79. The average molecular weight is 448 g/mol. The second-order valence-corrected chi connectivity index (χ2v) is 8.66. The van der Waals surface area contributed by atoms with E-state index in [2.05, 4.69) is 0 Å². The van der Waals surface area contributed by atoms with E-state index in [1.54, 1.807) is 12.0 Å². The summed E-state index contributed by atoms with van der Waals surface area (Å²) in [5, 5.41) is 0. The molecule has 31 heavy (non-hydrogen) atoms. The third kappa shape index (κ3) is 4.65. The van der Waals surface area contributed by atoms with Gasteiger partial charge < -0.3 is 9.47 Å². The summed E-state index contributed by atoms with van der Waals surface area (Å²) in [5.41, 5.74) is 3.74. The maximum absolute atomic E-state index is 13.0. The van der Waals surface area contributed by atoms with Gasteiger partial charge in [0.2, 0.25) is 0 Å². The maximum Gasteiger partial charge on any atom is 0.270 e. The molecule has 0 N–H and O–H groups in total. The van der Waals surface area contributed by atoms with Gasteiger partial charge in [-0.25, -0.2) is 0 Å². The second kappa shape index (κ2) is 9.37. The minimum Gasteiger partial charge on any atom is -0.493 e. The van der Waals surface area contributed by atoms with Gasteiger partial charge in [-0.1, -0.05) is 78.6 Å². The number of thioether (sulfide) groups is 1. The molecule has 0 saturated carbocycles. The summed E-state index contributed by atoms with van der Waals surface area (Å²) in [5.74, 6) is 1.14. The number of thiocarbonyl (C=S) groups is 1. The van der Waals surface area contributed by atoms with Crippen LogP contribution in [0.2, 0.25) is 0 Å². The number of carbonyl (C=O) groups excluding carboxylic acids is 1. The van der Waals surface area contributed by atoms with E-state index in [-0.39, 0.29) is 5.91 Å². The molecule has 0 aliphatic carbocycles. The number of hydrogen-bond donors (Lipinski definition) is 0. The molecule has 3 aromatic rings. The van der Waals surface area contributed by atoms with Crippen molar-refractivity contribution in [3.8, 4) is 11.5 Å². The van der Waals surface area contributed by atoms with Crippen molar-refractivity contribution >= 4 is 46.0 Å². The van der Waals surface area contributed by atoms with E-state index in [9.17, 15) is 4.79 Å². The Bertz CT molecular complexity index is 1160. The normalized spacial score (nSPS) is 14.9. The zero-order chi connectivity index (χ0) is 21.8. The van der Waals surface area contributed by atoms with Gasteiger partial charge in [-0.05, 0) is 47.9 Å². The number of para-hydroxylation sites is 1. The predicted octanol–water partition coefficient (Wildman–Crippen LogP) is 5.99. The Morgan fingerprint density at radius 1 is 1.00 bits per heavy atom. The lowest BCUT2D eigenvalue weighted by Gasteiger charge is -2.16. The van der Waals surface area contributed by atoms with Crippen LogP contribution in [-0.2, 0) is 11.4 Å². The zero-order valence-corrected chi connectivity index (χ0v) is 18.8. The molecule has 3 aromatic carbocycles. The summed E-state index contributed by atoms with van der Waals surface area (Å²) in [6, 6.07) is 23.3. The van der Waals surface area contributed by atoms with Gasteiger partial charge in [0.1, 0.15) is 6.61 Å². The number of ether oxygens (including phenoxy) is 2. The number of carbonyl (C=O) groups is 1. The number of rotatable bonds is 6. The van der Waals surface area contributed by atoms with Crippen molar-refractivity contribution in [1.82, 2.24) is 0 Å². The SMILES string of the molecule is COc1cc(/C=C2/SC(=S)N(c3ccccc3C)C2=O)ccc1OCc1ccccc1. The first-order valence-corrected chi connectivity index (χ1v) is 11.0. The smallest absolute Gasteiger partial charge is 0.270 e. The Balaban J connectivity index is 1.55. The summed E-state index contributed by atoms with van der Waals surface area (Å²) in [4.78, 5) is 15.2. The number of hydrogen-bond acceptors (Lipinski definition) is 5. The van der Waals surface area contributed by atoms with Crippen LogP contribution in [0.1, 0.15) is 16.7 Å². The maximum atomic E-state index is 13.0. The predicted molar refractivity (Wildman–Crippen MR) is 131 cm³/mol. The molecule has 0 spiro atoms. The fourth-order valence-corrected chi connectivity index (χ4v) is 4.55. The van der Waals surface area contributed by atoms with Gasteiger partial charge >= 0.3 is 0 Å². The first-order valence-electron chi connectivity index (χ1n) is 9.75. The lowest BCUT2D eigenvalue weighted by atomic mass is 10.1. The first-order chi connectivity index (χ1) is 15.1. The molecule has 1 heterocycles. The van der Waals surface area contributed by atoms with E-state index in [0.717, 1.165) is 22.4 Å². The van der Waals surface area contributed by atoms with Gasteiger partial charge in [-0.15, -0.1) is 0 Å². The van der Waals surface area contributed by atoms with Crippen LogP contribution in [0.5, 0.6) is 11.5 Å². The van der Waals surface area contributed by atoms with Crippen LogP contribution in [0.3, 0.4) is 0 Å². The van der Waals surface area contributed by atoms with E-state index in [0.29, 0.717) is 27.3 Å². The third-order valence-corrected chi connectivity index (χ3v) is 6.17.